The van der Waals surface area contributed by atoms with E-state index in [0.29, 0.717) is 0 Å². The zero-order chi connectivity index (χ0) is 20.0. The van der Waals surface area contributed by atoms with Crippen molar-refractivity contribution in [2.75, 3.05) is 6.61 Å². The third-order valence-corrected chi connectivity index (χ3v) is 4.50. The standard InChI is InChI=1S/C10H12N4O11S2/c15-1-4-6(24-26(17,18)19)7(25-27(20,21)22)10(23-4)14-3-13-5-8(14)11-2-12-9(5)16/h2-4,6-7,10,15H,1H2,(H,11,12,16)(H,17,18,19)(H,20,21,22)/t4-,6-,7-,10-/m1/s1. The van der Waals surface area contributed by atoms with Gasteiger partial charge in [-0.15, -0.1) is 0 Å². The molecule has 0 saturated carbocycles. The van der Waals surface area contributed by atoms with Gasteiger partial charge in [0, 0.05) is 0 Å². The van der Waals surface area contributed by atoms with Crippen molar-refractivity contribution in [3.63, 3.8) is 0 Å². The number of nitrogens with zero attached hydrogens (tertiary/aromatic N) is 3. The second-order valence-corrected chi connectivity index (χ2v) is 7.38. The molecule has 1 aliphatic rings. The molecular formula is C10H12N4O11S2. The molecule has 1 aliphatic heterocycles. The molecule has 17 heteroatoms. The van der Waals surface area contributed by atoms with E-state index in [4.69, 9.17) is 13.8 Å². The van der Waals surface area contributed by atoms with Crippen molar-refractivity contribution in [3.8, 4) is 0 Å². The second-order valence-electron chi connectivity index (χ2n) is 5.28. The van der Waals surface area contributed by atoms with E-state index in [-0.39, 0.29) is 11.2 Å². The molecule has 27 heavy (non-hydrogen) atoms. The lowest BCUT2D eigenvalue weighted by atomic mass is 10.1. The van der Waals surface area contributed by atoms with Gasteiger partial charge in [0.2, 0.25) is 0 Å². The van der Waals surface area contributed by atoms with Gasteiger partial charge >= 0.3 is 20.8 Å². The van der Waals surface area contributed by atoms with E-state index in [9.17, 15) is 26.7 Å². The number of aliphatic hydroxyl groups is 1. The predicted molar refractivity (Wildman–Crippen MR) is 82.0 cm³/mol. The molecule has 4 N–H and O–H groups in total. The van der Waals surface area contributed by atoms with Crippen LogP contribution in [0.15, 0.2) is 17.4 Å². The number of rotatable bonds is 6. The van der Waals surface area contributed by atoms with Crippen LogP contribution in [0.1, 0.15) is 6.23 Å². The molecule has 0 aliphatic carbocycles. The van der Waals surface area contributed by atoms with Crippen LogP contribution in [0.3, 0.4) is 0 Å². The molecule has 150 valence electrons. The van der Waals surface area contributed by atoms with Gasteiger partial charge in [0.25, 0.3) is 5.56 Å². The molecule has 0 aromatic carbocycles. The highest BCUT2D eigenvalue weighted by Gasteiger charge is 2.51. The number of aromatic amines is 1. The van der Waals surface area contributed by atoms with Gasteiger partial charge in [-0.05, 0) is 0 Å². The number of imidazole rings is 1. The smallest absolute Gasteiger partial charge is 0.394 e. The van der Waals surface area contributed by atoms with Crippen molar-refractivity contribution in [2.24, 2.45) is 0 Å². The Morgan fingerprint density at radius 2 is 1.78 bits per heavy atom. The Kier molecular flexibility index (Phi) is 5.03. The minimum absolute atomic E-state index is 0.100. The van der Waals surface area contributed by atoms with Crippen molar-refractivity contribution in [2.45, 2.75) is 24.5 Å². The van der Waals surface area contributed by atoms with Crippen molar-refractivity contribution in [1.82, 2.24) is 19.5 Å². The average molecular weight is 428 g/mol. The van der Waals surface area contributed by atoms with E-state index >= 15 is 0 Å². The maximum absolute atomic E-state index is 11.7. The molecule has 0 unspecified atom stereocenters. The minimum Gasteiger partial charge on any atom is -0.394 e. The van der Waals surface area contributed by atoms with Crippen molar-refractivity contribution in [3.05, 3.63) is 23.0 Å². The van der Waals surface area contributed by atoms with Gasteiger partial charge in [-0.25, -0.2) is 18.3 Å². The fourth-order valence-corrected chi connectivity index (χ4v) is 3.63. The number of aliphatic hydroxyl groups excluding tert-OH is 1. The van der Waals surface area contributed by atoms with Crippen LogP contribution in [-0.2, 0) is 33.9 Å². The van der Waals surface area contributed by atoms with E-state index in [1.807, 2.05) is 0 Å². The number of ether oxygens (including phenoxy) is 1. The van der Waals surface area contributed by atoms with Gasteiger partial charge in [-0.1, -0.05) is 0 Å². The zero-order valence-corrected chi connectivity index (χ0v) is 14.6. The Hall–Kier alpha value is -1.99. The summed E-state index contributed by atoms with van der Waals surface area (Å²) < 4.78 is 77.5. The lowest BCUT2D eigenvalue weighted by Gasteiger charge is -2.21. The van der Waals surface area contributed by atoms with Crippen LogP contribution < -0.4 is 5.56 Å². The van der Waals surface area contributed by atoms with Crippen molar-refractivity contribution >= 4 is 32.0 Å². The van der Waals surface area contributed by atoms with Crippen LogP contribution in [0.2, 0.25) is 0 Å². The zero-order valence-electron chi connectivity index (χ0n) is 12.9. The Labute approximate surface area is 150 Å². The number of hydrogen-bond donors (Lipinski definition) is 4. The number of aromatic nitrogens is 4. The summed E-state index contributed by atoms with van der Waals surface area (Å²) in [7, 11) is -10.3. The Morgan fingerprint density at radius 1 is 1.15 bits per heavy atom. The maximum Gasteiger partial charge on any atom is 0.397 e. The first-order valence-corrected chi connectivity index (χ1v) is 9.71. The quantitative estimate of drug-likeness (QED) is 0.347. The first-order chi connectivity index (χ1) is 12.5. The number of hydrogen-bond acceptors (Lipinski definition) is 11. The molecule has 15 nitrogen and oxygen atoms in total. The molecule has 3 rings (SSSR count). The van der Waals surface area contributed by atoms with Crippen LogP contribution in [0.5, 0.6) is 0 Å². The maximum atomic E-state index is 11.7. The monoisotopic (exact) mass is 428 g/mol. The SMILES string of the molecule is O=c1[nH]cnc2c1ncn2[C@@H]1O[C@H](CO)[C@@H](OS(=O)(=O)O)[C@H]1OS(=O)(=O)O. The highest BCUT2D eigenvalue weighted by molar-refractivity contribution is 7.81. The number of fused-ring (bicyclic) bond motifs is 1. The summed E-state index contributed by atoms with van der Waals surface area (Å²) in [6, 6.07) is 0. The minimum atomic E-state index is -5.15. The molecule has 0 spiro atoms. The molecule has 4 atom stereocenters. The molecule has 0 bridgehead atoms. The lowest BCUT2D eigenvalue weighted by molar-refractivity contribution is -0.0477. The van der Waals surface area contributed by atoms with Gasteiger partial charge in [0.05, 0.1) is 19.3 Å². The third kappa shape index (κ3) is 4.14. The Morgan fingerprint density at radius 3 is 2.37 bits per heavy atom. The first kappa shape index (κ1) is 19.8. The van der Waals surface area contributed by atoms with Crippen LogP contribution >= 0.6 is 0 Å². The van der Waals surface area contributed by atoms with Gasteiger partial charge in [-0.3, -0.25) is 18.5 Å². The summed E-state index contributed by atoms with van der Waals surface area (Å²) in [6.45, 7) is -0.872. The largest absolute Gasteiger partial charge is 0.397 e. The Balaban J connectivity index is 2.11. The molecule has 2 aromatic rings. The van der Waals surface area contributed by atoms with Crippen LogP contribution in [0.4, 0.5) is 0 Å². The average Bonchev–Trinajstić information content (AvgIpc) is 3.08. The van der Waals surface area contributed by atoms with E-state index in [2.05, 4.69) is 23.3 Å². The first-order valence-electron chi connectivity index (χ1n) is 6.98. The van der Waals surface area contributed by atoms with Gasteiger partial charge in [-0.2, -0.15) is 16.8 Å². The fraction of sp³-hybridized carbons (Fsp3) is 0.500. The van der Waals surface area contributed by atoms with E-state index < -0.39 is 57.5 Å². The Bertz CT molecular complexity index is 1110. The molecule has 2 aromatic heterocycles. The topological polar surface area (TPSA) is 220 Å². The third-order valence-electron chi connectivity index (χ3n) is 3.57. The summed E-state index contributed by atoms with van der Waals surface area (Å²) in [5.74, 6) is 0. The van der Waals surface area contributed by atoms with E-state index in [1.165, 1.54) is 0 Å². The summed E-state index contributed by atoms with van der Waals surface area (Å²) >= 11 is 0. The van der Waals surface area contributed by atoms with Crippen LogP contribution in [0, 0.1) is 0 Å². The summed E-state index contributed by atoms with van der Waals surface area (Å²) in [5, 5.41) is 9.38. The normalized spacial score (nSPS) is 26.6. The molecule has 0 radical (unpaired) electrons. The van der Waals surface area contributed by atoms with Gasteiger partial charge in [0.15, 0.2) is 23.5 Å². The molecule has 0 amide bonds. The van der Waals surface area contributed by atoms with E-state index in [1.54, 1.807) is 0 Å². The molecule has 1 saturated heterocycles. The fourth-order valence-electron chi connectivity index (χ4n) is 2.63. The summed E-state index contributed by atoms with van der Waals surface area (Å²) in [5.41, 5.74) is -0.892. The highest BCUT2D eigenvalue weighted by atomic mass is 32.3. The van der Waals surface area contributed by atoms with Crippen molar-refractivity contribution < 1.29 is 44.2 Å². The van der Waals surface area contributed by atoms with Crippen molar-refractivity contribution in [1.29, 1.82) is 0 Å². The molecule has 3 heterocycles. The van der Waals surface area contributed by atoms with Gasteiger partial charge < -0.3 is 14.8 Å². The summed E-state index contributed by atoms with van der Waals surface area (Å²) in [4.78, 5) is 21.6. The number of H-pyrrole nitrogens is 1. The second kappa shape index (κ2) is 6.87. The molecular weight excluding hydrogens is 416 g/mol. The van der Waals surface area contributed by atoms with Crippen LogP contribution in [-0.4, -0.2) is 75.5 Å². The summed E-state index contributed by atoms with van der Waals surface area (Å²) in [6.07, 6.45) is -4.80. The predicted octanol–water partition coefficient (Wildman–Crippen LogP) is -2.61. The number of nitrogens with one attached hydrogen (secondary N) is 1. The highest BCUT2D eigenvalue weighted by Crippen LogP contribution is 2.36. The van der Waals surface area contributed by atoms with E-state index in [0.717, 1.165) is 17.2 Å². The molecule has 1 fully saturated rings. The van der Waals surface area contributed by atoms with Gasteiger partial charge in [0.1, 0.15) is 12.2 Å². The lowest BCUT2D eigenvalue weighted by Crippen LogP contribution is -2.40. The van der Waals surface area contributed by atoms with Crippen LogP contribution in [0.25, 0.3) is 11.2 Å².